The van der Waals surface area contributed by atoms with Crippen LogP contribution in [0.5, 0.6) is 0 Å². The fourth-order valence-electron chi connectivity index (χ4n) is 0.500. The maximum atomic E-state index is 3.73. The topological polar surface area (TPSA) is 41.0 Å². The van der Waals surface area contributed by atoms with Gasteiger partial charge in [-0.15, -0.1) is 0 Å². The molecule has 1 N–H and O–H groups in total. The second-order valence-electron chi connectivity index (χ2n) is 1.56. The fourth-order valence-corrected chi connectivity index (χ4v) is 0.500. The van der Waals surface area contributed by atoms with Crippen LogP contribution in [0.15, 0.2) is 11.2 Å². The molecule has 3 heteroatoms. The van der Waals surface area contributed by atoms with Crippen molar-refractivity contribution in [3.05, 3.63) is 11.8 Å². The van der Waals surface area contributed by atoms with Crippen molar-refractivity contribution in [3.63, 3.8) is 0 Å². The SMILES string of the molecule is C=Nc1[nH]ncc1C. The first-order chi connectivity index (χ1) is 3.84. The largest absolute Gasteiger partial charge is 0.261 e. The molecule has 0 fully saturated rings. The minimum atomic E-state index is 0.755. The third-order valence-electron chi connectivity index (χ3n) is 0.960. The molecule has 0 saturated heterocycles. The summed E-state index contributed by atoms with van der Waals surface area (Å²) < 4.78 is 0. The molecule has 3 nitrogen and oxygen atoms in total. The lowest BCUT2D eigenvalue weighted by Crippen LogP contribution is -1.63. The Morgan fingerprint density at radius 1 is 1.88 bits per heavy atom. The van der Waals surface area contributed by atoms with Gasteiger partial charge in [-0.05, 0) is 13.6 Å². The van der Waals surface area contributed by atoms with Crippen molar-refractivity contribution >= 4 is 12.5 Å². The van der Waals surface area contributed by atoms with Gasteiger partial charge in [-0.1, -0.05) is 0 Å². The van der Waals surface area contributed by atoms with E-state index >= 15 is 0 Å². The van der Waals surface area contributed by atoms with E-state index in [2.05, 4.69) is 21.9 Å². The number of rotatable bonds is 1. The first kappa shape index (κ1) is 5.03. The number of nitrogens with one attached hydrogen (secondary N) is 1. The molecule has 0 aromatic carbocycles. The van der Waals surface area contributed by atoms with Crippen molar-refractivity contribution in [3.8, 4) is 0 Å². The van der Waals surface area contributed by atoms with Crippen LogP contribution in [-0.2, 0) is 0 Å². The Morgan fingerprint density at radius 2 is 2.62 bits per heavy atom. The van der Waals surface area contributed by atoms with E-state index in [0.29, 0.717) is 0 Å². The van der Waals surface area contributed by atoms with Crippen LogP contribution in [-0.4, -0.2) is 16.9 Å². The molecule has 0 aliphatic rings. The monoisotopic (exact) mass is 109 g/mol. The van der Waals surface area contributed by atoms with Gasteiger partial charge in [0.05, 0.1) is 6.20 Å². The molecule has 0 amide bonds. The number of H-pyrrole nitrogens is 1. The van der Waals surface area contributed by atoms with Gasteiger partial charge in [0.1, 0.15) is 5.82 Å². The zero-order valence-electron chi connectivity index (χ0n) is 4.68. The van der Waals surface area contributed by atoms with Crippen molar-refractivity contribution in [2.45, 2.75) is 6.92 Å². The van der Waals surface area contributed by atoms with Gasteiger partial charge in [0, 0.05) is 5.56 Å². The zero-order chi connectivity index (χ0) is 5.98. The summed E-state index contributed by atoms with van der Waals surface area (Å²) in [6.07, 6.45) is 1.71. The normalized spacial score (nSPS) is 9.12. The van der Waals surface area contributed by atoms with Crippen molar-refractivity contribution in [2.75, 3.05) is 0 Å². The first-order valence-corrected chi connectivity index (χ1v) is 2.31. The summed E-state index contributed by atoms with van der Waals surface area (Å²) >= 11 is 0. The zero-order valence-corrected chi connectivity index (χ0v) is 4.68. The number of nitrogens with zero attached hydrogens (tertiary/aromatic N) is 2. The number of aromatic amines is 1. The number of aromatic nitrogens is 2. The molecule has 1 aromatic rings. The van der Waals surface area contributed by atoms with Crippen molar-refractivity contribution in [2.24, 2.45) is 4.99 Å². The highest BCUT2D eigenvalue weighted by molar-refractivity contribution is 5.43. The molecule has 0 aliphatic heterocycles. The van der Waals surface area contributed by atoms with Gasteiger partial charge in [-0.25, -0.2) is 4.99 Å². The molecule has 0 bridgehead atoms. The van der Waals surface area contributed by atoms with E-state index in [1.165, 1.54) is 0 Å². The van der Waals surface area contributed by atoms with E-state index < -0.39 is 0 Å². The fraction of sp³-hybridized carbons (Fsp3) is 0.200. The summed E-state index contributed by atoms with van der Waals surface area (Å²) in [5.41, 5.74) is 1.03. The molecule has 0 radical (unpaired) electrons. The molecule has 42 valence electrons. The minimum absolute atomic E-state index is 0.755. The highest BCUT2D eigenvalue weighted by Crippen LogP contribution is 2.10. The van der Waals surface area contributed by atoms with E-state index in [4.69, 9.17) is 0 Å². The van der Waals surface area contributed by atoms with Crippen LogP contribution in [0, 0.1) is 6.92 Å². The van der Waals surface area contributed by atoms with E-state index in [1.54, 1.807) is 6.20 Å². The lowest BCUT2D eigenvalue weighted by atomic mass is 10.4. The molecule has 1 heterocycles. The maximum Gasteiger partial charge on any atom is 0.149 e. The van der Waals surface area contributed by atoms with Crippen LogP contribution >= 0.6 is 0 Å². The Morgan fingerprint density at radius 3 is 2.88 bits per heavy atom. The van der Waals surface area contributed by atoms with E-state index in [-0.39, 0.29) is 0 Å². The van der Waals surface area contributed by atoms with Crippen molar-refractivity contribution < 1.29 is 0 Å². The summed E-state index contributed by atoms with van der Waals surface area (Å²) in [4.78, 5) is 3.66. The van der Waals surface area contributed by atoms with Crippen molar-refractivity contribution in [1.29, 1.82) is 0 Å². The van der Waals surface area contributed by atoms with Crippen LogP contribution in [0.3, 0.4) is 0 Å². The number of hydrogen-bond donors (Lipinski definition) is 1. The lowest BCUT2D eigenvalue weighted by Gasteiger charge is -1.81. The van der Waals surface area contributed by atoms with Gasteiger partial charge in [-0.2, -0.15) is 5.10 Å². The van der Waals surface area contributed by atoms with Gasteiger partial charge in [0.25, 0.3) is 0 Å². The van der Waals surface area contributed by atoms with Crippen LogP contribution < -0.4 is 0 Å². The summed E-state index contributed by atoms with van der Waals surface area (Å²) in [5.74, 6) is 0.755. The molecule has 0 unspecified atom stereocenters. The second-order valence-corrected chi connectivity index (χ2v) is 1.56. The predicted octanol–water partition coefficient (Wildman–Crippen LogP) is 1.05. The number of aliphatic imine (C=N–C) groups is 1. The minimum Gasteiger partial charge on any atom is -0.261 e. The molecule has 0 aliphatic carbocycles. The van der Waals surface area contributed by atoms with Crippen LogP contribution in [0.4, 0.5) is 5.82 Å². The molecular formula is C5H7N3. The Kier molecular flexibility index (Phi) is 1.12. The second kappa shape index (κ2) is 1.78. The Labute approximate surface area is 47.5 Å². The Hall–Kier alpha value is -1.12. The van der Waals surface area contributed by atoms with E-state index in [9.17, 15) is 0 Å². The quantitative estimate of drug-likeness (QED) is 0.538. The third-order valence-corrected chi connectivity index (χ3v) is 0.960. The average Bonchev–Trinajstić information content (AvgIpc) is 2.14. The summed E-state index contributed by atoms with van der Waals surface area (Å²) in [6.45, 7) is 5.27. The first-order valence-electron chi connectivity index (χ1n) is 2.31. The van der Waals surface area contributed by atoms with Crippen LogP contribution in [0.25, 0.3) is 0 Å². The highest BCUT2D eigenvalue weighted by atomic mass is 15.2. The Bertz CT molecular complexity index is 189. The molecule has 0 atom stereocenters. The number of aryl methyl sites for hydroxylation is 1. The molecule has 0 saturated carbocycles. The highest BCUT2D eigenvalue weighted by Gasteiger charge is 1.91. The molecule has 8 heavy (non-hydrogen) atoms. The predicted molar refractivity (Wildman–Crippen MR) is 32.5 cm³/mol. The molecule has 0 spiro atoms. The molecular weight excluding hydrogens is 102 g/mol. The Balaban J connectivity index is 3.09. The van der Waals surface area contributed by atoms with Gasteiger partial charge in [-0.3, -0.25) is 5.10 Å². The van der Waals surface area contributed by atoms with Gasteiger partial charge < -0.3 is 0 Å². The summed E-state index contributed by atoms with van der Waals surface area (Å²) in [7, 11) is 0. The molecule has 1 aromatic heterocycles. The maximum absolute atomic E-state index is 3.73. The van der Waals surface area contributed by atoms with E-state index in [0.717, 1.165) is 11.4 Å². The smallest absolute Gasteiger partial charge is 0.149 e. The van der Waals surface area contributed by atoms with Crippen LogP contribution in [0.2, 0.25) is 0 Å². The van der Waals surface area contributed by atoms with E-state index in [1.807, 2.05) is 6.92 Å². The van der Waals surface area contributed by atoms with Gasteiger partial charge in [0.2, 0.25) is 0 Å². The van der Waals surface area contributed by atoms with Crippen molar-refractivity contribution in [1.82, 2.24) is 10.2 Å². The lowest BCUT2D eigenvalue weighted by molar-refractivity contribution is 1.08. The van der Waals surface area contributed by atoms with Gasteiger partial charge >= 0.3 is 0 Å². The third kappa shape index (κ3) is 0.621. The van der Waals surface area contributed by atoms with Gasteiger partial charge in [0.15, 0.2) is 0 Å². The molecule has 1 rings (SSSR count). The standard InChI is InChI=1S/C5H7N3/c1-4-3-7-8-5(4)6-2/h3H,2H2,1H3,(H,7,8). The van der Waals surface area contributed by atoms with Crippen LogP contribution in [0.1, 0.15) is 5.56 Å². The summed E-state index contributed by atoms with van der Waals surface area (Å²) in [5, 5.41) is 6.41. The average molecular weight is 109 g/mol. The number of hydrogen-bond acceptors (Lipinski definition) is 2. The summed E-state index contributed by atoms with van der Waals surface area (Å²) in [6, 6.07) is 0.